The monoisotopic (exact) mass is 349 g/mol. The zero-order valence-electron chi connectivity index (χ0n) is 12.5. The van der Waals surface area contributed by atoms with E-state index in [0.29, 0.717) is 4.31 Å². The second-order valence-corrected chi connectivity index (χ2v) is 6.39. The molecule has 0 bridgehead atoms. The number of amides is 1. The summed E-state index contributed by atoms with van der Waals surface area (Å²) in [4.78, 5) is 23.5. The number of hydrogen-bond acceptors (Lipinski definition) is 5. The lowest BCUT2D eigenvalue weighted by Crippen LogP contribution is -2.37. The van der Waals surface area contributed by atoms with Crippen molar-refractivity contribution in [3.05, 3.63) is 28.8 Å². The first-order valence-electron chi connectivity index (χ1n) is 6.08. The first-order valence-corrected chi connectivity index (χ1v) is 7.53. The van der Waals surface area contributed by atoms with Crippen LogP contribution in [0.4, 0.5) is 10.5 Å². The molecule has 0 fully saturated rings. The van der Waals surface area contributed by atoms with Crippen LogP contribution >= 0.6 is 11.6 Å². The van der Waals surface area contributed by atoms with Gasteiger partial charge in [0, 0.05) is 0 Å². The SMILES string of the molecule is COC(=O)c1ccc(N(C(=O)OC(C)(C)C)S(=O)O)cc1Cl. The molecule has 0 aliphatic rings. The number of halogens is 1. The van der Waals surface area contributed by atoms with Crippen molar-refractivity contribution in [1.82, 2.24) is 0 Å². The average Bonchev–Trinajstić information content (AvgIpc) is 2.35. The highest BCUT2D eigenvalue weighted by atomic mass is 35.5. The van der Waals surface area contributed by atoms with E-state index >= 15 is 0 Å². The van der Waals surface area contributed by atoms with Crippen LogP contribution < -0.4 is 4.31 Å². The summed E-state index contributed by atoms with van der Waals surface area (Å²) in [5, 5.41) is -0.0247. The number of nitrogens with zero attached hydrogens (tertiary/aromatic N) is 1. The number of anilines is 1. The van der Waals surface area contributed by atoms with Gasteiger partial charge in [0.15, 0.2) is 0 Å². The largest absolute Gasteiger partial charge is 0.465 e. The minimum Gasteiger partial charge on any atom is -0.465 e. The van der Waals surface area contributed by atoms with E-state index in [9.17, 15) is 18.4 Å². The molecule has 0 spiro atoms. The maximum atomic E-state index is 12.0. The summed E-state index contributed by atoms with van der Waals surface area (Å²) in [5.74, 6) is -0.662. The zero-order chi connectivity index (χ0) is 17.1. The number of methoxy groups -OCH3 is 1. The van der Waals surface area contributed by atoms with Gasteiger partial charge in [-0.2, -0.15) is 4.31 Å². The van der Waals surface area contributed by atoms with Crippen LogP contribution in [0.2, 0.25) is 5.02 Å². The molecule has 0 saturated heterocycles. The molecule has 1 N–H and O–H groups in total. The predicted molar refractivity (Wildman–Crippen MR) is 82.3 cm³/mol. The molecule has 1 aromatic carbocycles. The summed E-state index contributed by atoms with van der Waals surface area (Å²) in [6.45, 7) is 4.87. The van der Waals surface area contributed by atoms with E-state index in [2.05, 4.69) is 4.74 Å². The van der Waals surface area contributed by atoms with Crippen molar-refractivity contribution in [3.8, 4) is 0 Å². The van der Waals surface area contributed by atoms with E-state index in [4.69, 9.17) is 16.3 Å². The van der Waals surface area contributed by atoms with Crippen molar-refractivity contribution >= 4 is 40.6 Å². The topological polar surface area (TPSA) is 93.1 Å². The minimum absolute atomic E-state index is 0.00716. The Kier molecular flexibility index (Phi) is 5.92. The second kappa shape index (κ2) is 7.08. The van der Waals surface area contributed by atoms with Gasteiger partial charge in [0.25, 0.3) is 11.3 Å². The second-order valence-electron chi connectivity index (χ2n) is 5.16. The Morgan fingerprint density at radius 2 is 1.91 bits per heavy atom. The highest BCUT2D eigenvalue weighted by Gasteiger charge is 2.28. The molecule has 1 amide bonds. The van der Waals surface area contributed by atoms with Crippen LogP contribution in [0.25, 0.3) is 0 Å². The summed E-state index contributed by atoms with van der Waals surface area (Å²) in [7, 11) is 1.20. The average molecular weight is 350 g/mol. The predicted octanol–water partition coefficient (Wildman–Crippen LogP) is 3.00. The molecule has 7 nitrogen and oxygen atoms in total. The molecule has 1 atom stereocenters. The van der Waals surface area contributed by atoms with Crippen LogP contribution in [0.3, 0.4) is 0 Å². The quantitative estimate of drug-likeness (QED) is 0.666. The van der Waals surface area contributed by atoms with Gasteiger partial charge in [-0.15, -0.1) is 0 Å². The summed E-state index contributed by atoms with van der Waals surface area (Å²) >= 11 is 3.27. The molecule has 0 saturated carbocycles. The lowest BCUT2D eigenvalue weighted by molar-refractivity contribution is 0.0595. The third-order valence-corrected chi connectivity index (χ3v) is 3.29. The Hall–Kier alpha value is -1.64. The summed E-state index contributed by atoms with van der Waals surface area (Å²) in [5.41, 5.74) is -0.765. The molecule has 122 valence electrons. The fourth-order valence-electron chi connectivity index (χ4n) is 1.47. The van der Waals surface area contributed by atoms with Crippen LogP contribution in [0.5, 0.6) is 0 Å². The number of benzene rings is 1. The van der Waals surface area contributed by atoms with Crippen LogP contribution in [-0.2, 0) is 20.7 Å². The van der Waals surface area contributed by atoms with Crippen molar-refractivity contribution in [3.63, 3.8) is 0 Å². The number of rotatable bonds is 3. The van der Waals surface area contributed by atoms with Crippen molar-refractivity contribution in [2.75, 3.05) is 11.4 Å². The van der Waals surface area contributed by atoms with E-state index in [1.807, 2.05) is 0 Å². The molecule has 1 aromatic rings. The lowest BCUT2D eigenvalue weighted by atomic mass is 10.2. The van der Waals surface area contributed by atoms with E-state index in [1.165, 1.54) is 25.3 Å². The lowest BCUT2D eigenvalue weighted by Gasteiger charge is -2.24. The number of hydrogen-bond donors (Lipinski definition) is 1. The Labute approximate surface area is 135 Å². The van der Waals surface area contributed by atoms with Crippen LogP contribution in [0, 0.1) is 0 Å². The smallest absolute Gasteiger partial charge is 0.428 e. The van der Waals surface area contributed by atoms with Gasteiger partial charge in [0.05, 0.1) is 23.4 Å². The third-order valence-electron chi connectivity index (χ3n) is 2.31. The highest BCUT2D eigenvalue weighted by Crippen LogP contribution is 2.26. The Morgan fingerprint density at radius 1 is 1.32 bits per heavy atom. The molecular formula is C13H16ClNO6S. The summed E-state index contributed by atoms with van der Waals surface area (Å²) in [6.07, 6.45) is -1.02. The Balaban J connectivity index is 3.18. The van der Waals surface area contributed by atoms with Gasteiger partial charge in [-0.3, -0.25) is 4.55 Å². The molecule has 22 heavy (non-hydrogen) atoms. The summed E-state index contributed by atoms with van der Waals surface area (Å²) in [6, 6.07) is 3.77. The van der Waals surface area contributed by atoms with Gasteiger partial charge in [0.1, 0.15) is 5.60 Å². The van der Waals surface area contributed by atoms with Crippen molar-refractivity contribution in [2.24, 2.45) is 0 Å². The number of carbonyl (C=O) groups is 2. The molecule has 0 aliphatic heterocycles. The number of esters is 1. The molecule has 0 aliphatic carbocycles. The van der Waals surface area contributed by atoms with Gasteiger partial charge >= 0.3 is 12.1 Å². The van der Waals surface area contributed by atoms with Gasteiger partial charge < -0.3 is 9.47 Å². The Bertz CT molecular complexity index is 613. The van der Waals surface area contributed by atoms with Crippen LogP contribution in [0.1, 0.15) is 31.1 Å². The van der Waals surface area contributed by atoms with Crippen molar-refractivity contribution in [2.45, 2.75) is 26.4 Å². The van der Waals surface area contributed by atoms with E-state index in [-0.39, 0.29) is 16.3 Å². The zero-order valence-corrected chi connectivity index (χ0v) is 14.0. The van der Waals surface area contributed by atoms with Gasteiger partial charge in [-0.05, 0) is 39.0 Å². The third kappa shape index (κ3) is 4.69. The van der Waals surface area contributed by atoms with E-state index in [1.54, 1.807) is 20.8 Å². The summed E-state index contributed by atoms with van der Waals surface area (Å²) < 4.78 is 30.8. The van der Waals surface area contributed by atoms with E-state index < -0.39 is 28.9 Å². The molecule has 9 heteroatoms. The first-order chi connectivity index (χ1) is 10.1. The number of ether oxygens (including phenoxy) is 2. The highest BCUT2D eigenvalue weighted by molar-refractivity contribution is 7.81. The maximum absolute atomic E-state index is 12.0. The van der Waals surface area contributed by atoms with Crippen molar-refractivity contribution in [1.29, 1.82) is 0 Å². The van der Waals surface area contributed by atoms with Crippen molar-refractivity contribution < 1.29 is 27.8 Å². The van der Waals surface area contributed by atoms with Crippen LogP contribution in [-0.4, -0.2) is 33.5 Å². The fourth-order valence-corrected chi connectivity index (χ4v) is 2.18. The van der Waals surface area contributed by atoms with Gasteiger partial charge in [-0.1, -0.05) is 11.6 Å². The maximum Gasteiger partial charge on any atom is 0.428 e. The minimum atomic E-state index is -2.66. The molecule has 0 aromatic heterocycles. The normalized spacial score (nSPS) is 12.5. The number of carbonyl (C=O) groups excluding carboxylic acids is 2. The molecule has 0 heterocycles. The molecule has 1 rings (SSSR count). The van der Waals surface area contributed by atoms with E-state index in [0.717, 1.165) is 0 Å². The molecular weight excluding hydrogens is 334 g/mol. The molecule has 1 unspecified atom stereocenters. The van der Waals surface area contributed by atoms with Crippen LogP contribution in [0.15, 0.2) is 18.2 Å². The van der Waals surface area contributed by atoms with Gasteiger partial charge in [-0.25, -0.2) is 13.8 Å². The fraction of sp³-hybridized carbons (Fsp3) is 0.385. The first kappa shape index (κ1) is 18.4. The molecule has 0 radical (unpaired) electrons. The van der Waals surface area contributed by atoms with Gasteiger partial charge in [0.2, 0.25) is 0 Å². The standard InChI is InChI=1S/C13H16ClNO6S/c1-13(2,3)21-12(17)15(22(18)19)8-5-6-9(10(14)7-8)11(16)20-4/h5-7H,1-4H3,(H,18,19). The Morgan fingerprint density at radius 3 is 2.32 bits per heavy atom.